The summed E-state index contributed by atoms with van der Waals surface area (Å²) in [6, 6.07) is 6.40. The van der Waals surface area contributed by atoms with Gasteiger partial charge in [-0.3, -0.25) is 4.79 Å². The van der Waals surface area contributed by atoms with E-state index < -0.39 is 0 Å². The molecule has 0 aromatic heterocycles. The summed E-state index contributed by atoms with van der Waals surface area (Å²) in [7, 11) is 0. The van der Waals surface area contributed by atoms with Gasteiger partial charge in [-0.1, -0.05) is 35.0 Å². The van der Waals surface area contributed by atoms with Gasteiger partial charge in [-0.2, -0.15) is 0 Å². The van der Waals surface area contributed by atoms with Gasteiger partial charge in [0.25, 0.3) is 5.91 Å². The second kappa shape index (κ2) is 4.69. The van der Waals surface area contributed by atoms with E-state index >= 15 is 0 Å². The molecule has 1 heterocycles. The van der Waals surface area contributed by atoms with Crippen LogP contribution in [0.5, 0.6) is 0 Å². The maximum atomic E-state index is 12.0. The Labute approximate surface area is 116 Å². The minimum absolute atomic E-state index is 0.0906. The third-order valence-corrected chi connectivity index (χ3v) is 5.36. The molecule has 2 nitrogen and oxygen atoms in total. The number of alkyl halides is 1. The van der Waals surface area contributed by atoms with E-state index in [1.165, 1.54) is 17.5 Å². The van der Waals surface area contributed by atoms with Crippen LogP contribution in [0.25, 0.3) is 0 Å². The molecular weight excluding hydrogens is 290 g/mol. The maximum Gasteiger partial charge on any atom is 0.251 e. The van der Waals surface area contributed by atoms with Crippen molar-refractivity contribution >= 4 is 21.8 Å². The van der Waals surface area contributed by atoms with Gasteiger partial charge in [0.15, 0.2) is 0 Å². The molecule has 0 bridgehead atoms. The summed E-state index contributed by atoms with van der Waals surface area (Å²) in [5, 5.41) is 2.97. The molecule has 0 saturated heterocycles. The predicted octanol–water partition coefficient (Wildman–Crippen LogP) is 3.45. The van der Waals surface area contributed by atoms with Gasteiger partial charge >= 0.3 is 0 Å². The van der Waals surface area contributed by atoms with E-state index in [0.717, 1.165) is 36.8 Å². The van der Waals surface area contributed by atoms with Gasteiger partial charge in [0.05, 0.1) is 0 Å². The molecule has 18 heavy (non-hydrogen) atoms. The van der Waals surface area contributed by atoms with Crippen LogP contribution in [0, 0.1) is 11.8 Å². The molecule has 1 saturated carbocycles. The molecule has 96 valence electrons. The standard InChI is InChI=1S/C15H18BrNO/c1-9-7-12(9)14(16)11-5-4-10-3-2-6-17-15(18)13(10)8-11/h4-5,8-9,12,14H,2-3,6-7H2,1H3,(H,17,18). The average molecular weight is 308 g/mol. The highest BCUT2D eigenvalue weighted by molar-refractivity contribution is 9.09. The number of nitrogens with one attached hydrogen (secondary N) is 1. The smallest absolute Gasteiger partial charge is 0.251 e. The number of carbonyl (C=O) groups is 1. The zero-order valence-corrected chi connectivity index (χ0v) is 12.2. The SMILES string of the molecule is CC1CC1C(Br)c1ccc2c(c1)C(=O)NCCC2. The van der Waals surface area contributed by atoms with Crippen molar-refractivity contribution in [3.63, 3.8) is 0 Å². The van der Waals surface area contributed by atoms with Crippen molar-refractivity contribution in [2.24, 2.45) is 11.8 Å². The summed E-state index contributed by atoms with van der Waals surface area (Å²) in [5.41, 5.74) is 3.32. The first-order valence-electron chi connectivity index (χ1n) is 6.72. The van der Waals surface area contributed by atoms with Crippen LogP contribution in [0.15, 0.2) is 18.2 Å². The van der Waals surface area contributed by atoms with E-state index in [-0.39, 0.29) is 5.91 Å². The number of rotatable bonds is 2. The van der Waals surface area contributed by atoms with Crippen LogP contribution in [-0.4, -0.2) is 12.5 Å². The Hall–Kier alpha value is -0.830. The number of carbonyl (C=O) groups excluding carboxylic acids is 1. The van der Waals surface area contributed by atoms with Crippen molar-refractivity contribution in [2.45, 2.75) is 31.0 Å². The molecule has 0 radical (unpaired) electrons. The molecule has 1 aromatic rings. The van der Waals surface area contributed by atoms with Crippen molar-refractivity contribution in [2.75, 3.05) is 6.54 Å². The maximum absolute atomic E-state index is 12.0. The lowest BCUT2D eigenvalue weighted by atomic mass is 9.98. The normalized spacial score (nSPS) is 28.0. The van der Waals surface area contributed by atoms with Gasteiger partial charge in [-0.15, -0.1) is 0 Å². The van der Waals surface area contributed by atoms with Crippen LogP contribution in [0.4, 0.5) is 0 Å². The molecule has 1 N–H and O–H groups in total. The summed E-state index contributed by atoms with van der Waals surface area (Å²) in [6.07, 6.45) is 3.33. The Bertz CT molecular complexity index is 485. The van der Waals surface area contributed by atoms with E-state index in [1.807, 2.05) is 0 Å². The fourth-order valence-electron chi connectivity index (χ4n) is 2.78. The zero-order chi connectivity index (χ0) is 12.7. The van der Waals surface area contributed by atoms with Crippen LogP contribution < -0.4 is 5.32 Å². The second-order valence-electron chi connectivity index (χ2n) is 5.55. The quantitative estimate of drug-likeness (QED) is 0.833. The van der Waals surface area contributed by atoms with Gasteiger partial charge in [-0.05, 0) is 48.3 Å². The van der Waals surface area contributed by atoms with Crippen molar-refractivity contribution < 1.29 is 4.79 Å². The van der Waals surface area contributed by atoms with Crippen LogP contribution in [0.2, 0.25) is 0 Å². The Balaban J connectivity index is 1.91. The van der Waals surface area contributed by atoms with E-state index in [0.29, 0.717) is 4.83 Å². The largest absolute Gasteiger partial charge is 0.352 e. The molecule has 3 unspecified atom stereocenters. The van der Waals surface area contributed by atoms with Crippen LogP contribution in [0.3, 0.4) is 0 Å². The molecule has 3 rings (SSSR count). The summed E-state index contributed by atoms with van der Waals surface area (Å²) in [5.74, 6) is 1.63. The molecular formula is C15H18BrNO. The molecule has 1 aromatic carbocycles. The summed E-state index contributed by atoms with van der Waals surface area (Å²) >= 11 is 3.79. The number of benzene rings is 1. The molecule has 1 amide bonds. The van der Waals surface area contributed by atoms with E-state index in [4.69, 9.17) is 0 Å². The molecule has 2 aliphatic rings. The van der Waals surface area contributed by atoms with Crippen LogP contribution in [-0.2, 0) is 6.42 Å². The number of hydrogen-bond donors (Lipinski definition) is 1. The first-order valence-corrected chi connectivity index (χ1v) is 7.63. The number of halogens is 1. The van der Waals surface area contributed by atoms with E-state index in [9.17, 15) is 4.79 Å². The summed E-state index contributed by atoms with van der Waals surface area (Å²) < 4.78 is 0. The van der Waals surface area contributed by atoms with Crippen molar-refractivity contribution in [3.05, 3.63) is 34.9 Å². The Morgan fingerprint density at radius 1 is 1.44 bits per heavy atom. The lowest BCUT2D eigenvalue weighted by Crippen LogP contribution is -2.22. The fraction of sp³-hybridized carbons (Fsp3) is 0.533. The highest BCUT2D eigenvalue weighted by Crippen LogP contribution is 2.51. The van der Waals surface area contributed by atoms with Crippen LogP contribution >= 0.6 is 15.9 Å². The molecule has 1 aliphatic heterocycles. The molecule has 3 atom stereocenters. The Kier molecular flexibility index (Phi) is 3.18. The number of aryl methyl sites for hydroxylation is 1. The van der Waals surface area contributed by atoms with Gasteiger partial charge in [0.2, 0.25) is 0 Å². The second-order valence-corrected chi connectivity index (χ2v) is 6.54. The minimum atomic E-state index is 0.0906. The fourth-order valence-corrected chi connectivity index (χ4v) is 3.80. The zero-order valence-electron chi connectivity index (χ0n) is 10.6. The van der Waals surface area contributed by atoms with Crippen molar-refractivity contribution in [1.82, 2.24) is 5.32 Å². The summed E-state index contributed by atoms with van der Waals surface area (Å²) in [6.45, 7) is 3.08. The monoisotopic (exact) mass is 307 g/mol. The number of fused-ring (bicyclic) bond motifs is 1. The first kappa shape index (κ1) is 12.2. The Morgan fingerprint density at radius 3 is 2.94 bits per heavy atom. The summed E-state index contributed by atoms with van der Waals surface area (Å²) in [4.78, 5) is 12.4. The highest BCUT2D eigenvalue weighted by atomic mass is 79.9. The molecule has 1 fully saturated rings. The van der Waals surface area contributed by atoms with Crippen molar-refractivity contribution in [1.29, 1.82) is 0 Å². The Morgan fingerprint density at radius 2 is 2.22 bits per heavy atom. The third-order valence-electron chi connectivity index (χ3n) is 4.15. The predicted molar refractivity (Wildman–Crippen MR) is 76.0 cm³/mol. The number of hydrogen-bond acceptors (Lipinski definition) is 1. The van der Waals surface area contributed by atoms with E-state index in [2.05, 4.69) is 46.4 Å². The van der Waals surface area contributed by atoms with Gasteiger partial charge in [0.1, 0.15) is 0 Å². The molecule has 1 aliphatic carbocycles. The van der Waals surface area contributed by atoms with Gasteiger partial charge < -0.3 is 5.32 Å². The lowest BCUT2D eigenvalue weighted by molar-refractivity contribution is 0.0956. The highest BCUT2D eigenvalue weighted by Gasteiger charge is 2.39. The van der Waals surface area contributed by atoms with Gasteiger partial charge in [-0.25, -0.2) is 0 Å². The first-order chi connectivity index (χ1) is 8.66. The number of amides is 1. The topological polar surface area (TPSA) is 29.1 Å². The van der Waals surface area contributed by atoms with Crippen LogP contribution in [0.1, 0.15) is 46.1 Å². The lowest BCUT2D eigenvalue weighted by Gasteiger charge is -2.12. The minimum Gasteiger partial charge on any atom is -0.352 e. The van der Waals surface area contributed by atoms with Crippen molar-refractivity contribution in [3.8, 4) is 0 Å². The average Bonchev–Trinajstić information content (AvgIpc) is 3.12. The van der Waals surface area contributed by atoms with Gasteiger partial charge in [0, 0.05) is 16.9 Å². The third kappa shape index (κ3) is 2.20. The molecule has 3 heteroatoms. The molecule has 0 spiro atoms. The van der Waals surface area contributed by atoms with E-state index in [1.54, 1.807) is 0 Å².